The summed E-state index contributed by atoms with van der Waals surface area (Å²) in [5.74, 6) is 6.52. The Balaban J connectivity index is 1.30. The monoisotopic (exact) mass is 420 g/mol. The lowest BCUT2D eigenvalue weighted by atomic mass is 9.46. The molecule has 3 fully saturated rings. The molecule has 3 saturated carbocycles. The minimum atomic E-state index is 0.510. The second-order valence-corrected chi connectivity index (χ2v) is 13.3. The largest absolute Gasteiger partial charge is 0.0845 e. The number of hydrogen-bond donors (Lipinski definition) is 0. The molecule has 3 unspecified atom stereocenters. The van der Waals surface area contributed by atoms with Crippen LogP contribution in [-0.2, 0) is 0 Å². The van der Waals surface area contributed by atoms with E-state index in [1.165, 1.54) is 70.6 Å². The van der Waals surface area contributed by atoms with Crippen molar-refractivity contribution >= 4 is 0 Å². The molecular weight excluding hydrogens is 372 g/mol. The number of fused-ring (bicyclic) bond motifs is 5. The fourth-order valence-electron chi connectivity index (χ4n) is 9.45. The van der Waals surface area contributed by atoms with E-state index in [0.29, 0.717) is 10.8 Å². The van der Waals surface area contributed by atoms with Crippen molar-refractivity contribution < 1.29 is 0 Å². The average molecular weight is 421 g/mol. The minimum absolute atomic E-state index is 0.510. The fraction of sp³-hybridized carbons (Fsp3) is 0.806. The van der Waals surface area contributed by atoms with Gasteiger partial charge in [0, 0.05) is 0 Å². The van der Waals surface area contributed by atoms with Crippen molar-refractivity contribution in [2.45, 2.75) is 105 Å². The van der Waals surface area contributed by atoms with Crippen molar-refractivity contribution in [2.24, 2.45) is 52.3 Å². The smallest absolute Gasteiger partial charge is 0.00848 e. The lowest BCUT2D eigenvalue weighted by molar-refractivity contribution is -0.0518. The maximum Gasteiger partial charge on any atom is -0.00848 e. The van der Waals surface area contributed by atoms with E-state index in [-0.39, 0.29) is 0 Å². The number of allylic oxidation sites excluding steroid dienone is 6. The van der Waals surface area contributed by atoms with Crippen LogP contribution < -0.4 is 0 Å². The molecule has 5 aliphatic carbocycles. The summed E-state index contributed by atoms with van der Waals surface area (Å²) in [5.41, 5.74) is 4.62. The predicted molar refractivity (Wildman–Crippen MR) is 134 cm³/mol. The lowest BCUT2D eigenvalue weighted by Crippen LogP contribution is -2.50. The zero-order valence-electron chi connectivity index (χ0n) is 21.1. The highest BCUT2D eigenvalue weighted by atomic mass is 14.6. The van der Waals surface area contributed by atoms with E-state index in [0.717, 1.165) is 41.4 Å². The van der Waals surface area contributed by atoms with Gasteiger partial charge in [0.1, 0.15) is 0 Å². The Morgan fingerprint density at radius 1 is 0.968 bits per heavy atom. The van der Waals surface area contributed by atoms with Gasteiger partial charge in [0.15, 0.2) is 0 Å². The Kier molecular flexibility index (Phi) is 5.84. The molecule has 0 radical (unpaired) electrons. The van der Waals surface area contributed by atoms with Crippen molar-refractivity contribution in [1.29, 1.82) is 0 Å². The van der Waals surface area contributed by atoms with Crippen LogP contribution in [0.25, 0.3) is 0 Å². The van der Waals surface area contributed by atoms with Crippen LogP contribution in [-0.4, -0.2) is 0 Å². The van der Waals surface area contributed by atoms with Gasteiger partial charge in [-0.3, -0.25) is 0 Å². The highest BCUT2D eigenvalue weighted by molar-refractivity contribution is 5.39. The standard InChI is InChI=1S/C31H48/c1-21(2)8-6-9-22(3)27-14-15-28-26-13-12-25-20-24(23-10-7-11-23)16-18-30(25,4)29(26)17-19-31(27,28)5/h7,10-12,21-22,24,26-29H,6,8-9,13-20H2,1-5H3/t22?,24-,26-,27+,28?,29?,30-,31+/m0/s1. The van der Waals surface area contributed by atoms with E-state index >= 15 is 0 Å². The second kappa shape index (κ2) is 8.22. The van der Waals surface area contributed by atoms with Crippen LogP contribution >= 0.6 is 0 Å². The van der Waals surface area contributed by atoms with Crippen LogP contribution in [0, 0.1) is 52.3 Å². The first-order valence-corrected chi connectivity index (χ1v) is 13.9. The third-order valence-corrected chi connectivity index (χ3v) is 11.4. The normalized spacial score (nSPS) is 44.6. The number of rotatable bonds is 6. The molecule has 0 bridgehead atoms. The summed E-state index contributed by atoms with van der Waals surface area (Å²) in [7, 11) is 0. The van der Waals surface area contributed by atoms with E-state index in [2.05, 4.69) is 58.9 Å². The van der Waals surface area contributed by atoms with Crippen molar-refractivity contribution in [3.05, 3.63) is 35.5 Å². The zero-order chi connectivity index (χ0) is 21.8. The summed E-state index contributed by atoms with van der Waals surface area (Å²) in [5, 5.41) is 0. The molecule has 0 aromatic heterocycles. The molecule has 0 aromatic rings. The van der Waals surface area contributed by atoms with Crippen LogP contribution in [0.4, 0.5) is 0 Å². The van der Waals surface area contributed by atoms with Gasteiger partial charge in [-0.15, -0.1) is 0 Å². The van der Waals surface area contributed by atoms with E-state index in [1.54, 1.807) is 5.57 Å². The van der Waals surface area contributed by atoms with E-state index < -0.39 is 0 Å². The van der Waals surface area contributed by atoms with E-state index in [1.807, 2.05) is 5.57 Å². The van der Waals surface area contributed by atoms with E-state index in [4.69, 9.17) is 0 Å². The first kappa shape index (κ1) is 22.0. The molecule has 31 heavy (non-hydrogen) atoms. The van der Waals surface area contributed by atoms with Crippen molar-refractivity contribution in [3.63, 3.8) is 0 Å². The van der Waals surface area contributed by atoms with Gasteiger partial charge >= 0.3 is 0 Å². The van der Waals surface area contributed by atoms with Crippen LogP contribution in [0.3, 0.4) is 0 Å². The highest BCUT2D eigenvalue weighted by Gasteiger charge is 2.59. The SMILES string of the molecule is CC(C)CCCC(C)[C@H]1CCC2[C@@H]3CC=C4C[C@@H](C5=CC=C5)CC[C@]4(C)C3CC[C@@]21C. The molecule has 0 spiro atoms. The predicted octanol–water partition coefficient (Wildman–Crippen LogP) is 9.14. The Bertz CT molecular complexity index is 765. The van der Waals surface area contributed by atoms with Gasteiger partial charge in [-0.1, -0.05) is 83.8 Å². The van der Waals surface area contributed by atoms with Gasteiger partial charge in [-0.2, -0.15) is 0 Å². The molecule has 0 amide bonds. The van der Waals surface area contributed by atoms with Gasteiger partial charge in [0.25, 0.3) is 0 Å². The topological polar surface area (TPSA) is 0 Å². The van der Waals surface area contributed by atoms with Crippen LogP contribution in [0.2, 0.25) is 0 Å². The lowest BCUT2D eigenvalue weighted by Gasteiger charge is -2.58. The maximum absolute atomic E-state index is 2.77. The second-order valence-electron chi connectivity index (χ2n) is 13.3. The third-order valence-electron chi connectivity index (χ3n) is 11.4. The molecule has 0 heteroatoms. The van der Waals surface area contributed by atoms with Gasteiger partial charge < -0.3 is 0 Å². The highest BCUT2D eigenvalue weighted by Crippen LogP contribution is 2.67. The summed E-state index contributed by atoms with van der Waals surface area (Å²) in [6.45, 7) is 12.8. The molecular formula is C31H48. The fourth-order valence-corrected chi connectivity index (χ4v) is 9.45. The molecule has 0 N–H and O–H groups in total. The van der Waals surface area contributed by atoms with Crippen LogP contribution in [0.5, 0.6) is 0 Å². The van der Waals surface area contributed by atoms with Crippen LogP contribution in [0.15, 0.2) is 35.5 Å². The minimum Gasteiger partial charge on any atom is -0.0845 e. The molecule has 0 heterocycles. The average Bonchev–Trinajstić information content (AvgIpc) is 3.04. The maximum atomic E-state index is 2.77. The van der Waals surface area contributed by atoms with Gasteiger partial charge in [-0.25, -0.2) is 0 Å². The molecule has 0 saturated heterocycles. The molecule has 0 aliphatic heterocycles. The Morgan fingerprint density at radius 3 is 2.48 bits per heavy atom. The molecule has 5 rings (SSSR count). The van der Waals surface area contributed by atoms with Gasteiger partial charge in [0.05, 0.1) is 0 Å². The van der Waals surface area contributed by atoms with E-state index in [9.17, 15) is 0 Å². The Hall–Kier alpha value is -0.780. The molecule has 172 valence electrons. The van der Waals surface area contributed by atoms with Crippen LogP contribution in [0.1, 0.15) is 105 Å². The first-order valence-electron chi connectivity index (χ1n) is 13.9. The molecule has 5 aliphatic rings. The Morgan fingerprint density at radius 2 is 1.77 bits per heavy atom. The summed E-state index contributed by atoms with van der Waals surface area (Å²) in [6, 6.07) is 0. The van der Waals surface area contributed by atoms with Gasteiger partial charge in [0.2, 0.25) is 0 Å². The summed E-state index contributed by atoms with van der Waals surface area (Å²) >= 11 is 0. The van der Waals surface area contributed by atoms with Crippen molar-refractivity contribution in [2.75, 3.05) is 0 Å². The summed E-state index contributed by atoms with van der Waals surface area (Å²) in [4.78, 5) is 0. The van der Waals surface area contributed by atoms with Gasteiger partial charge in [-0.05, 0) is 109 Å². The summed E-state index contributed by atoms with van der Waals surface area (Å²) < 4.78 is 0. The molecule has 8 atom stereocenters. The quantitative estimate of drug-likeness (QED) is 0.376. The molecule has 0 nitrogen and oxygen atoms in total. The Labute approximate surface area is 193 Å². The zero-order valence-corrected chi connectivity index (χ0v) is 21.1. The van der Waals surface area contributed by atoms with Crippen molar-refractivity contribution in [1.82, 2.24) is 0 Å². The molecule has 0 aromatic carbocycles. The summed E-state index contributed by atoms with van der Waals surface area (Å²) in [6.07, 6.45) is 25.7. The van der Waals surface area contributed by atoms with Crippen molar-refractivity contribution in [3.8, 4) is 0 Å². The third kappa shape index (κ3) is 3.63. The first-order chi connectivity index (χ1) is 14.8. The number of hydrogen-bond acceptors (Lipinski definition) is 0.